The summed E-state index contributed by atoms with van der Waals surface area (Å²) in [6.07, 6.45) is 1.47. The minimum Gasteiger partial charge on any atom is -0.337 e. The number of hydrogen-bond acceptors (Lipinski definition) is 2. The molecular weight excluding hydrogens is 276 g/mol. The summed E-state index contributed by atoms with van der Waals surface area (Å²) < 4.78 is 53.4. The summed E-state index contributed by atoms with van der Waals surface area (Å²) in [5.74, 6) is -7.48. The van der Waals surface area contributed by atoms with Gasteiger partial charge in [-0.1, -0.05) is 0 Å². The molecule has 110 valence electrons. The van der Waals surface area contributed by atoms with Gasteiger partial charge in [0.2, 0.25) is 0 Å². The summed E-state index contributed by atoms with van der Waals surface area (Å²) in [5.41, 5.74) is -1.17. The van der Waals surface area contributed by atoms with Crippen LogP contribution in [0.3, 0.4) is 0 Å². The molecule has 20 heavy (non-hydrogen) atoms. The van der Waals surface area contributed by atoms with Crippen molar-refractivity contribution in [1.82, 2.24) is 10.2 Å². The first kappa shape index (κ1) is 14.8. The molecule has 1 fully saturated rings. The van der Waals surface area contributed by atoms with E-state index in [9.17, 15) is 22.4 Å². The Labute approximate surface area is 113 Å². The van der Waals surface area contributed by atoms with E-state index < -0.39 is 34.7 Å². The van der Waals surface area contributed by atoms with Crippen LogP contribution in [0, 0.1) is 23.3 Å². The molecule has 1 unspecified atom stereocenters. The average Bonchev–Trinajstić information content (AvgIpc) is 2.45. The third kappa shape index (κ3) is 2.63. The van der Waals surface area contributed by atoms with Crippen LogP contribution in [0.5, 0.6) is 0 Å². The third-order valence-corrected chi connectivity index (χ3v) is 3.44. The van der Waals surface area contributed by atoms with Crippen LogP contribution in [-0.4, -0.2) is 37.0 Å². The highest BCUT2D eigenvalue weighted by atomic mass is 19.2. The minimum absolute atomic E-state index is 0.00257. The fourth-order valence-corrected chi connectivity index (χ4v) is 2.32. The first-order chi connectivity index (χ1) is 9.45. The van der Waals surface area contributed by atoms with E-state index in [0.717, 1.165) is 6.42 Å². The largest absolute Gasteiger partial charge is 0.337 e. The summed E-state index contributed by atoms with van der Waals surface area (Å²) in [7, 11) is 1.71. The van der Waals surface area contributed by atoms with Crippen molar-refractivity contribution in [3.63, 3.8) is 0 Å². The average molecular weight is 290 g/mol. The van der Waals surface area contributed by atoms with E-state index in [1.807, 2.05) is 0 Å². The molecule has 1 aliphatic heterocycles. The number of rotatable bonds is 2. The highest BCUT2D eigenvalue weighted by molar-refractivity contribution is 5.95. The monoisotopic (exact) mass is 290 g/mol. The van der Waals surface area contributed by atoms with Crippen LogP contribution < -0.4 is 5.32 Å². The van der Waals surface area contributed by atoms with E-state index >= 15 is 0 Å². The standard InChI is InChI=1S/C13H14F4N2O/c1-18-7-3-2-4-19(6-7)13(20)10-11(16)8(14)5-9(15)12(10)17/h5,7,18H,2-4,6H2,1H3. The van der Waals surface area contributed by atoms with E-state index in [2.05, 4.69) is 5.32 Å². The number of carbonyl (C=O) groups is 1. The Morgan fingerprint density at radius 1 is 1.25 bits per heavy atom. The smallest absolute Gasteiger partial charge is 0.260 e. The van der Waals surface area contributed by atoms with Gasteiger partial charge in [0.05, 0.1) is 0 Å². The first-order valence-electron chi connectivity index (χ1n) is 6.25. The Bertz CT molecular complexity index is 509. The van der Waals surface area contributed by atoms with Crippen LogP contribution in [0.25, 0.3) is 0 Å². The molecule has 0 spiro atoms. The second kappa shape index (κ2) is 5.78. The van der Waals surface area contributed by atoms with Crippen LogP contribution >= 0.6 is 0 Å². The second-order valence-corrected chi connectivity index (χ2v) is 4.72. The molecule has 1 N–H and O–H groups in total. The Hall–Kier alpha value is -1.63. The Morgan fingerprint density at radius 3 is 2.40 bits per heavy atom. The molecule has 0 aromatic heterocycles. The molecule has 0 saturated carbocycles. The number of hydrogen-bond donors (Lipinski definition) is 1. The van der Waals surface area contributed by atoms with Gasteiger partial charge < -0.3 is 10.2 Å². The number of nitrogens with one attached hydrogen (secondary N) is 1. The molecule has 0 aliphatic carbocycles. The number of likely N-dealkylation sites (tertiary alicyclic amines) is 1. The Balaban J connectivity index is 2.34. The van der Waals surface area contributed by atoms with Crippen molar-refractivity contribution in [2.75, 3.05) is 20.1 Å². The van der Waals surface area contributed by atoms with Gasteiger partial charge in [-0.25, -0.2) is 17.6 Å². The molecule has 2 rings (SSSR count). The fraction of sp³-hybridized carbons (Fsp3) is 0.462. The highest BCUT2D eigenvalue weighted by Crippen LogP contribution is 2.22. The summed E-state index contributed by atoms with van der Waals surface area (Å²) in [4.78, 5) is 13.3. The van der Waals surface area contributed by atoms with Gasteiger partial charge in [-0.05, 0) is 19.9 Å². The number of benzene rings is 1. The number of nitrogens with zero attached hydrogens (tertiary/aromatic N) is 1. The number of carbonyl (C=O) groups excluding carboxylic acids is 1. The zero-order valence-corrected chi connectivity index (χ0v) is 10.9. The summed E-state index contributed by atoms with van der Waals surface area (Å²) in [6.45, 7) is 0.542. The molecule has 7 heteroatoms. The normalized spacial score (nSPS) is 19.2. The molecule has 1 aromatic carbocycles. The summed E-state index contributed by atoms with van der Waals surface area (Å²) in [5, 5.41) is 2.96. The summed E-state index contributed by atoms with van der Waals surface area (Å²) >= 11 is 0. The number of likely N-dealkylation sites (N-methyl/N-ethyl adjacent to an activating group) is 1. The maximum Gasteiger partial charge on any atom is 0.260 e. The molecule has 3 nitrogen and oxygen atoms in total. The van der Waals surface area contributed by atoms with Crippen molar-refractivity contribution >= 4 is 5.91 Å². The lowest BCUT2D eigenvalue weighted by atomic mass is 10.0. The van der Waals surface area contributed by atoms with Gasteiger partial charge in [0, 0.05) is 25.2 Å². The van der Waals surface area contributed by atoms with Crippen LogP contribution in [0.2, 0.25) is 0 Å². The number of halogens is 4. The lowest BCUT2D eigenvalue weighted by molar-refractivity contribution is 0.0685. The van der Waals surface area contributed by atoms with Crippen molar-refractivity contribution in [3.8, 4) is 0 Å². The maximum absolute atomic E-state index is 13.6. The van der Waals surface area contributed by atoms with Crippen molar-refractivity contribution in [3.05, 3.63) is 34.9 Å². The lowest BCUT2D eigenvalue weighted by Crippen LogP contribution is -2.47. The quantitative estimate of drug-likeness (QED) is 0.668. The molecule has 1 saturated heterocycles. The number of piperidine rings is 1. The SMILES string of the molecule is CNC1CCCN(C(=O)c2c(F)c(F)cc(F)c2F)C1. The van der Waals surface area contributed by atoms with Gasteiger partial charge in [-0.2, -0.15) is 0 Å². The van der Waals surface area contributed by atoms with Crippen LogP contribution in [-0.2, 0) is 0 Å². The predicted octanol–water partition coefficient (Wildman–Crippen LogP) is 2.07. The molecule has 1 aliphatic rings. The van der Waals surface area contributed by atoms with Crippen molar-refractivity contribution in [2.24, 2.45) is 0 Å². The van der Waals surface area contributed by atoms with E-state index in [1.54, 1.807) is 7.05 Å². The number of amides is 1. The van der Waals surface area contributed by atoms with E-state index in [-0.39, 0.29) is 18.7 Å². The summed E-state index contributed by atoms with van der Waals surface area (Å²) in [6, 6.07) is 0.0888. The van der Waals surface area contributed by atoms with Crippen LogP contribution in [0.4, 0.5) is 17.6 Å². The molecule has 1 aromatic rings. The Morgan fingerprint density at radius 2 is 1.85 bits per heavy atom. The van der Waals surface area contributed by atoms with E-state index in [0.29, 0.717) is 13.0 Å². The molecule has 1 heterocycles. The van der Waals surface area contributed by atoms with Gasteiger partial charge >= 0.3 is 0 Å². The van der Waals surface area contributed by atoms with Gasteiger partial charge in [0.25, 0.3) is 5.91 Å². The van der Waals surface area contributed by atoms with Crippen LogP contribution in [0.15, 0.2) is 6.07 Å². The van der Waals surface area contributed by atoms with Crippen molar-refractivity contribution < 1.29 is 22.4 Å². The Kier molecular flexibility index (Phi) is 4.27. The molecule has 1 amide bonds. The van der Waals surface area contributed by atoms with Crippen molar-refractivity contribution in [2.45, 2.75) is 18.9 Å². The predicted molar refractivity (Wildman–Crippen MR) is 64.3 cm³/mol. The molecule has 0 radical (unpaired) electrons. The van der Waals surface area contributed by atoms with E-state index in [4.69, 9.17) is 0 Å². The molecular formula is C13H14F4N2O. The highest BCUT2D eigenvalue weighted by Gasteiger charge is 2.30. The zero-order chi connectivity index (χ0) is 14.9. The minimum atomic E-state index is -1.65. The fourth-order valence-electron chi connectivity index (χ4n) is 2.32. The maximum atomic E-state index is 13.6. The van der Waals surface area contributed by atoms with Crippen LogP contribution in [0.1, 0.15) is 23.2 Å². The van der Waals surface area contributed by atoms with E-state index in [1.165, 1.54) is 4.90 Å². The third-order valence-electron chi connectivity index (χ3n) is 3.44. The zero-order valence-electron chi connectivity index (χ0n) is 10.9. The first-order valence-corrected chi connectivity index (χ1v) is 6.25. The molecule has 0 bridgehead atoms. The van der Waals surface area contributed by atoms with Gasteiger partial charge in [-0.3, -0.25) is 4.79 Å². The van der Waals surface area contributed by atoms with Gasteiger partial charge in [0.1, 0.15) is 5.56 Å². The second-order valence-electron chi connectivity index (χ2n) is 4.72. The topological polar surface area (TPSA) is 32.3 Å². The molecule has 1 atom stereocenters. The van der Waals surface area contributed by atoms with Crippen molar-refractivity contribution in [1.29, 1.82) is 0 Å². The van der Waals surface area contributed by atoms with Gasteiger partial charge in [-0.15, -0.1) is 0 Å². The lowest BCUT2D eigenvalue weighted by Gasteiger charge is -2.32. The van der Waals surface area contributed by atoms with Gasteiger partial charge in [0.15, 0.2) is 23.3 Å².